The number of carbonyl (C=O) groups excluding carboxylic acids is 1. The maximum atomic E-state index is 12.2. The number of amides is 1. The van der Waals surface area contributed by atoms with Gasteiger partial charge in [-0.15, -0.1) is 0 Å². The van der Waals surface area contributed by atoms with Gasteiger partial charge in [0.1, 0.15) is 0 Å². The molecule has 1 amide bonds. The summed E-state index contributed by atoms with van der Waals surface area (Å²) in [4.78, 5) is 14.1. The van der Waals surface area contributed by atoms with Crippen LogP contribution in [-0.4, -0.2) is 41.1 Å². The minimum absolute atomic E-state index is 0.0408. The average molecular weight is 240 g/mol. The molecule has 17 heavy (non-hydrogen) atoms. The number of aliphatic hydroxyl groups is 1. The first kappa shape index (κ1) is 12.8. The molecule has 3 N–H and O–H groups in total. The van der Waals surface area contributed by atoms with Crippen LogP contribution in [0, 0.1) is 17.3 Å². The molecular formula is C13H24N2O2. The van der Waals surface area contributed by atoms with E-state index in [2.05, 4.69) is 0 Å². The quantitative estimate of drug-likeness (QED) is 0.705. The van der Waals surface area contributed by atoms with Gasteiger partial charge in [-0.25, -0.2) is 0 Å². The fourth-order valence-corrected chi connectivity index (χ4v) is 2.98. The molecule has 1 saturated carbocycles. The molecule has 2 fully saturated rings. The first-order valence-electron chi connectivity index (χ1n) is 6.53. The molecule has 0 aromatic heterocycles. The third-order valence-electron chi connectivity index (χ3n) is 4.33. The van der Waals surface area contributed by atoms with Crippen molar-refractivity contribution in [1.29, 1.82) is 0 Å². The van der Waals surface area contributed by atoms with E-state index in [1.807, 2.05) is 25.7 Å². The standard InChI is InChI=1S/C13H24N2O2/c1-13(2,3)11(14)12(17)15-6-8-4-5-10(16)9(8)7-15/h8-11,16H,4-7,14H2,1-3H3/t8?,9?,10?,11-/m1/s1. The average Bonchev–Trinajstić information content (AvgIpc) is 2.78. The molecule has 0 aromatic carbocycles. The summed E-state index contributed by atoms with van der Waals surface area (Å²) in [6, 6.07) is -0.446. The highest BCUT2D eigenvalue weighted by Crippen LogP contribution is 2.38. The SMILES string of the molecule is CC(C)(C)[C@H](N)C(=O)N1CC2CCC(O)C2C1. The number of carbonyl (C=O) groups is 1. The molecule has 0 aromatic rings. The van der Waals surface area contributed by atoms with Crippen LogP contribution in [0.3, 0.4) is 0 Å². The molecule has 4 nitrogen and oxygen atoms in total. The van der Waals surface area contributed by atoms with Gasteiger partial charge >= 0.3 is 0 Å². The van der Waals surface area contributed by atoms with Crippen LogP contribution in [0.25, 0.3) is 0 Å². The minimum atomic E-state index is -0.446. The Morgan fingerprint density at radius 1 is 1.35 bits per heavy atom. The van der Waals surface area contributed by atoms with Crippen LogP contribution in [0.5, 0.6) is 0 Å². The van der Waals surface area contributed by atoms with E-state index in [0.717, 1.165) is 19.4 Å². The zero-order valence-corrected chi connectivity index (χ0v) is 11.0. The second kappa shape index (κ2) is 4.25. The van der Waals surface area contributed by atoms with Crippen LogP contribution in [0.15, 0.2) is 0 Å². The number of hydrogen-bond acceptors (Lipinski definition) is 3. The van der Waals surface area contributed by atoms with Crippen LogP contribution < -0.4 is 5.73 Å². The zero-order valence-electron chi connectivity index (χ0n) is 11.0. The fourth-order valence-electron chi connectivity index (χ4n) is 2.98. The predicted molar refractivity (Wildman–Crippen MR) is 66.2 cm³/mol. The number of nitrogens with zero attached hydrogens (tertiary/aromatic N) is 1. The molecule has 2 rings (SSSR count). The first-order valence-corrected chi connectivity index (χ1v) is 6.53. The topological polar surface area (TPSA) is 66.6 Å². The molecular weight excluding hydrogens is 216 g/mol. The Balaban J connectivity index is 2.00. The van der Waals surface area contributed by atoms with Crippen LogP contribution in [0.1, 0.15) is 33.6 Å². The molecule has 4 atom stereocenters. The minimum Gasteiger partial charge on any atom is -0.393 e. The van der Waals surface area contributed by atoms with Crippen molar-refractivity contribution in [2.45, 2.75) is 45.8 Å². The third-order valence-corrected chi connectivity index (χ3v) is 4.33. The molecule has 1 heterocycles. The lowest BCUT2D eigenvalue weighted by atomic mass is 9.86. The number of likely N-dealkylation sites (tertiary alicyclic amines) is 1. The van der Waals surface area contributed by atoms with Gasteiger partial charge in [0.05, 0.1) is 12.1 Å². The van der Waals surface area contributed by atoms with Gasteiger partial charge in [-0.2, -0.15) is 0 Å². The molecule has 0 bridgehead atoms. The van der Waals surface area contributed by atoms with Crippen LogP contribution >= 0.6 is 0 Å². The Morgan fingerprint density at radius 2 is 2.00 bits per heavy atom. The summed E-state index contributed by atoms with van der Waals surface area (Å²) < 4.78 is 0. The van der Waals surface area contributed by atoms with Gasteiger partial charge in [-0.05, 0) is 24.2 Å². The van der Waals surface area contributed by atoms with E-state index in [-0.39, 0.29) is 23.3 Å². The lowest BCUT2D eigenvalue weighted by Crippen LogP contribution is -2.50. The lowest BCUT2D eigenvalue weighted by molar-refractivity contribution is -0.134. The van der Waals surface area contributed by atoms with Crippen LogP contribution in [0.2, 0.25) is 0 Å². The molecule has 0 radical (unpaired) electrons. The van der Waals surface area contributed by atoms with Gasteiger partial charge in [-0.3, -0.25) is 4.79 Å². The van der Waals surface area contributed by atoms with Crippen molar-refractivity contribution in [3.63, 3.8) is 0 Å². The smallest absolute Gasteiger partial charge is 0.240 e. The zero-order chi connectivity index (χ0) is 12.8. The number of fused-ring (bicyclic) bond motifs is 1. The second-order valence-electron chi connectivity index (χ2n) is 6.66. The molecule has 4 heteroatoms. The van der Waals surface area contributed by atoms with Gasteiger partial charge in [0.25, 0.3) is 0 Å². The molecule has 1 aliphatic carbocycles. The van der Waals surface area contributed by atoms with Gasteiger partial charge in [-0.1, -0.05) is 20.8 Å². The number of aliphatic hydroxyl groups excluding tert-OH is 1. The van der Waals surface area contributed by atoms with E-state index >= 15 is 0 Å². The van der Waals surface area contributed by atoms with Crippen molar-refractivity contribution >= 4 is 5.91 Å². The Kier molecular flexibility index (Phi) is 3.21. The van der Waals surface area contributed by atoms with E-state index in [9.17, 15) is 9.90 Å². The summed E-state index contributed by atoms with van der Waals surface area (Å²) >= 11 is 0. The molecule has 1 aliphatic heterocycles. The van der Waals surface area contributed by atoms with Gasteiger partial charge in [0.15, 0.2) is 0 Å². The highest BCUT2D eigenvalue weighted by atomic mass is 16.3. The highest BCUT2D eigenvalue weighted by Gasteiger charge is 2.45. The van der Waals surface area contributed by atoms with Crippen molar-refractivity contribution in [2.24, 2.45) is 23.0 Å². The number of nitrogens with two attached hydrogens (primary N) is 1. The fraction of sp³-hybridized carbons (Fsp3) is 0.923. The summed E-state index contributed by atoms with van der Waals surface area (Å²) in [7, 11) is 0. The second-order valence-corrected chi connectivity index (χ2v) is 6.66. The van der Waals surface area contributed by atoms with Gasteiger partial charge in [0, 0.05) is 19.0 Å². The van der Waals surface area contributed by atoms with Crippen molar-refractivity contribution in [3.8, 4) is 0 Å². The Labute approximate surface area is 103 Å². The monoisotopic (exact) mass is 240 g/mol. The summed E-state index contributed by atoms with van der Waals surface area (Å²) in [5.41, 5.74) is 5.80. The predicted octanol–water partition coefficient (Wildman–Crippen LogP) is 0.589. The largest absolute Gasteiger partial charge is 0.393 e. The molecule has 2 aliphatic rings. The summed E-state index contributed by atoms with van der Waals surface area (Å²) in [6.45, 7) is 7.43. The molecule has 98 valence electrons. The molecule has 1 saturated heterocycles. The maximum absolute atomic E-state index is 12.2. The van der Waals surface area contributed by atoms with E-state index in [4.69, 9.17) is 5.73 Å². The Bertz CT molecular complexity index is 311. The Hall–Kier alpha value is -0.610. The first-order chi connectivity index (χ1) is 7.80. The van der Waals surface area contributed by atoms with Crippen LogP contribution in [0.4, 0.5) is 0 Å². The van der Waals surface area contributed by atoms with Crippen molar-refractivity contribution < 1.29 is 9.90 Å². The van der Waals surface area contributed by atoms with Crippen molar-refractivity contribution in [3.05, 3.63) is 0 Å². The summed E-state index contributed by atoms with van der Waals surface area (Å²) in [5.74, 6) is 0.811. The number of hydrogen-bond donors (Lipinski definition) is 2. The number of rotatable bonds is 1. The van der Waals surface area contributed by atoms with Crippen molar-refractivity contribution in [2.75, 3.05) is 13.1 Å². The van der Waals surface area contributed by atoms with Gasteiger partial charge < -0.3 is 15.7 Å². The maximum Gasteiger partial charge on any atom is 0.240 e. The third kappa shape index (κ3) is 2.33. The Morgan fingerprint density at radius 3 is 2.53 bits per heavy atom. The molecule has 3 unspecified atom stereocenters. The van der Waals surface area contributed by atoms with Crippen molar-refractivity contribution in [1.82, 2.24) is 4.90 Å². The summed E-state index contributed by atoms with van der Waals surface area (Å²) in [5, 5.41) is 9.83. The molecule has 0 spiro atoms. The van der Waals surface area contributed by atoms with E-state index in [1.165, 1.54) is 0 Å². The van der Waals surface area contributed by atoms with E-state index < -0.39 is 6.04 Å². The van der Waals surface area contributed by atoms with E-state index in [0.29, 0.717) is 12.5 Å². The van der Waals surface area contributed by atoms with Crippen LogP contribution in [-0.2, 0) is 4.79 Å². The van der Waals surface area contributed by atoms with E-state index in [1.54, 1.807) is 0 Å². The summed E-state index contributed by atoms with van der Waals surface area (Å²) in [6.07, 6.45) is 1.71. The highest BCUT2D eigenvalue weighted by molar-refractivity contribution is 5.82. The normalized spacial score (nSPS) is 34.9. The van der Waals surface area contributed by atoms with Gasteiger partial charge in [0.2, 0.25) is 5.91 Å². The lowest BCUT2D eigenvalue weighted by Gasteiger charge is -2.30.